The molecular formula is C15H20FN3O. The van der Waals surface area contributed by atoms with Gasteiger partial charge in [-0.15, -0.1) is 0 Å². The van der Waals surface area contributed by atoms with Gasteiger partial charge in [-0.05, 0) is 44.0 Å². The number of carbonyl (C=O) groups is 1. The number of halogens is 1. The molecule has 0 radical (unpaired) electrons. The number of piperidine rings is 1. The minimum absolute atomic E-state index is 0.0477. The van der Waals surface area contributed by atoms with Crippen molar-refractivity contribution in [1.29, 1.82) is 0 Å². The Hall–Kier alpha value is -1.62. The van der Waals surface area contributed by atoms with Gasteiger partial charge in [0.15, 0.2) is 0 Å². The van der Waals surface area contributed by atoms with Gasteiger partial charge in [-0.2, -0.15) is 0 Å². The molecular weight excluding hydrogens is 257 g/mol. The van der Waals surface area contributed by atoms with E-state index in [1.54, 1.807) is 6.07 Å². The van der Waals surface area contributed by atoms with Gasteiger partial charge < -0.3 is 11.1 Å². The largest absolute Gasteiger partial charge is 0.381 e. The number of amides is 1. The Labute approximate surface area is 118 Å². The normalized spacial score (nSPS) is 26.2. The van der Waals surface area contributed by atoms with Crippen LogP contribution in [-0.4, -0.2) is 36.0 Å². The molecule has 0 aromatic heterocycles. The van der Waals surface area contributed by atoms with Gasteiger partial charge in [0.2, 0.25) is 0 Å². The van der Waals surface area contributed by atoms with Crippen LogP contribution in [-0.2, 0) is 0 Å². The Morgan fingerprint density at radius 3 is 2.95 bits per heavy atom. The molecule has 2 aliphatic rings. The molecule has 0 saturated carbocycles. The maximum Gasteiger partial charge on any atom is 0.251 e. The Morgan fingerprint density at radius 2 is 2.15 bits per heavy atom. The van der Waals surface area contributed by atoms with Crippen molar-refractivity contribution in [3.63, 3.8) is 0 Å². The predicted octanol–water partition coefficient (Wildman–Crippen LogP) is 1.96. The number of carbonyl (C=O) groups excluding carboxylic acids is 1. The van der Waals surface area contributed by atoms with Crippen molar-refractivity contribution in [2.45, 2.75) is 37.8 Å². The highest BCUT2D eigenvalue weighted by Crippen LogP contribution is 2.29. The third-order valence-electron chi connectivity index (χ3n) is 4.44. The second kappa shape index (κ2) is 5.40. The van der Waals surface area contributed by atoms with E-state index in [9.17, 15) is 9.18 Å². The van der Waals surface area contributed by atoms with Crippen LogP contribution < -0.4 is 11.1 Å². The summed E-state index contributed by atoms with van der Waals surface area (Å²) in [5.74, 6) is -1.29. The third kappa shape index (κ3) is 2.50. The molecule has 2 saturated heterocycles. The number of nitrogens with zero attached hydrogens (tertiary/aromatic N) is 1. The van der Waals surface area contributed by atoms with Gasteiger partial charge in [0.1, 0.15) is 5.82 Å². The van der Waals surface area contributed by atoms with E-state index in [0.29, 0.717) is 12.1 Å². The minimum atomic E-state index is -0.725. The number of nitrogens with one attached hydrogen (secondary N) is 1. The van der Waals surface area contributed by atoms with Gasteiger partial charge in [-0.25, -0.2) is 4.39 Å². The van der Waals surface area contributed by atoms with Crippen molar-refractivity contribution in [2.75, 3.05) is 18.4 Å². The molecule has 2 unspecified atom stereocenters. The van der Waals surface area contributed by atoms with Crippen LogP contribution >= 0.6 is 0 Å². The van der Waals surface area contributed by atoms with Crippen LogP contribution in [0.3, 0.4) is 0 Å². The summed E-state index contributed by atoms with van der Waals surface area (Å²) in [6, 6.07) is 5.43. The SMILES string of the molecule is NC(=O)c1cc(NC2CCN3CCCCC23)ccc1F. The van der Waals surface area contributed by atoms with Gasteiger partial charge in [0.25, 0.3) is 5.91 Å². The van der Waals surface area contributed by atoms with Gasteiger partial charge in [-0.3, -0.25) is 9.69 Å². The molecule has 2 atom stereocenters. The third-order valence-corrected chi connectivity index (χ3v) is 4.44. The van der Waals surface area contributed by atoms with Crippen LogP contribution in [0, 0.1) is 5.82 Å². The number of fused-ring (bicyclic) bond motifs is 1. The lowest BCUT2D eigenvalue weighted by atomic mass is 9.98. The van der Waals surface area contributed by atoms with E-state index in [1.807, 2.05) is 0 Å². The van der Waals surface area contributed by atoms with Crippen molar-refractivity contribution in [3.8, 4) is 0 Å². The van der Waals surface area contributed by atoms with Crippen LogP contribution in [0.2, 0.25) is 0 Å². The molecule has 4 nitrogen and oxygen atoms in total. The van der Waals surface area contributed by atoms with Crippen LogP contribution in [0.4, 0.5) is 10.1 Å². The first-order valence-corrected chi connectivity index (χ1v) is 7.25. The predicted molar refractivity (Wildman–Crippen MR) is 76.2 cm³/mol. The minimum Gasteiger partial charge on any atom is -0.381 e. The number of anilines is 1. The number of rotatable bonds is 3. The molecule has 1 amide bonds. The zero-order valence-corrected chi connectivity index (χ0v) is 11.4. The van der Waals surface area contributed by atoms with Crippen molar-refractivity contribution in [1.82, 2.24) is 4.90 Å². The number of hydrogen-bond donors (Lipinski definition) is 2. The van der Waals surface area contributed by atoms with Crippen LogP contribution in [0.15, 0.2) is 18.2 Å². The van der Waals surface area contributed by atoms with Crippen molar-refractivity contribution >= 4 is 11.6 Å². The van der Waals surface area contributed by atoms with Crippen molar-refractivity contribution < 1.29 is 9.18 Å². The Balaban J connectivity index is 1.74. The zero-order chi connectivity index (χ0) is 14.1. The smallest absolute Gasteiger partial charge is 0.251 e. The van der Waals surface area contributed by atoms with E-state index in [-0.39, 0.29) is 5.56 Å². The highest BCUT2D eigenvalue weighted by atomic mass is 19.1. The van der Waals surface area contributed by atoms with Crippen LogP contribution in [0.5, 0.6) is 0 Å². The second-order valence-electron chi connectivity index (χ2n) is 5.70. The topological polar surface area (TPSA) is 58.4 Å². The summed E-state index contributed by atoms with van der Waals surface area (Å²) in [6.45, 7) is 2.30. The molecule has 108 valence electrons. The van der Waals surface area contributed by atoms with Crippen molar-refractivity contribution in [2.24, 2.45) is 5.73 Å². The molecule has 0 aliphatic carbocycles. The summed E-state index contributed by atoms with van der Waals surface area (Å²) in [5.41, 5.74) is 5.91. The summed E-state index contributed by atoms with van der Waals surface area (Å²) < 4.78 is 13.5. The lowest BCUT2D eigenvalue weighted by Gasteiger charge is -2.33. The van der Waals surface area contributed by atoms with E-state index >= 15 is 0 Å². The molecule has 2 heterocycles. The summed E-state index contributed by atoms with van der Waals surface area (Å²) in [4.78, 5) is 13.7. The van der Waals surface area contributed by atoms with E-state index in [0.717, 1.165) is 18.7 Å². The van der Waals surface area contributed by atoms with Crippen LogP contribution in [0.1, 0.15) is 36.0 Å². The number of benzene rings is 1. The highest BCUT2D eigenvalue weighted by molar-refractivity contribution is 5.94. The second-order valence-corrected chi connectivity index (χ2v) is 5.70. The first-order chi connectivity index (χ1) is 9.65. The molecule has 0 spiro atoms. The Bertz CT molecular complexity index is 520. The average Bonchev–Trinajstić information content (AvgIpc) is 2.84. The fourth-order valence-electron chi connectivity index (χ4n) is 3.43. The van der Waals surface area contributed by atoms with E-state index < -0.39 is 11.7 Å². The molecule has 2 aliphatic heterocycles. The summed E-state index contributed by atoms with van der Waals surface area (Å²) in [6.07, 6.45) is 4.86. The molecule has 1 aromatic rings. The van der Waals surface area contributed by atoms with Gasteiger partial charge in [0, 0.05) is 24.3 Å². The quantitative estimate of drug-likeness (QED) is 0.888. The van der Waals surface area contributed by atoms with E-state index in [4.69, 9.17) is 5.73 Å². The molecule has 1 aromatic carbocycles. The molecule has 2 fully saturated rings. The molecule has 5 heteroatoms. The average molecular weight is 277 g/mol. The lowest BCUT2D eigenvalue weighted by Crippen LogP contribution is -2.41. The molecule has 0 bridgehead atoms. The fourth-order valence-corrected chi connectivity index (χ4v) is 3.43. The number of hydrogen-bond acceptors (Lipinski definition) is 3. The molecule has 3 N–H and O–H groups in total. The molecule has 3 rings (SSSR count). The van der Waals surface area contributed by atoms with Gasteiger partial charge >= 0.3 is 0 Å². The molecule has 20 heavy (non-hydrogen) atoms. The van der Waals surface area contributed by atoms with E-state index in [1.165, 1.54) is 37.9 Å². The van der Waals surface area contributed by atoms with E-state index in [2.05, 4.69) is 10.2 Å². The van der Waals surface area contributed by atoms with Gasteiger partial charge in [-0.1, -0.05) is 6.42 Å². The van der Waals surface area contributed by atoms with Crippen LogP contribution in [0.25, 0.3) is 0 Å². The maximum atomic E-state index is 13.5. The summed E-state index contributed by atoms with van der Waals surface area (Å²) >= 11 is 0. The maximum absolute atomic E-state index is 13.5. The Kier molecular flexibility index (Phi) is 3.61. The zero-order valence-electron chi connectivity index (χ0n) is 11.4. The Morgan fingerprint density at radius 1 is 1.30 bits per heavy atom. The first-order valence-electron chi connectivity index (χ1n) is 7.25. The number of primary amides is 1. The fraction of sp³-hybridized carbons (Fsp3) is 0.533. The monoisotopic (exact) mass is 277 g/mol. The van der Waals surface area contributed by atoms with Crippen molar-refractivity contribution in [3.05, 3.63) is 29.6 Å². The first kappa shape index (κ1) is 13.4. The lowest BCUT2D eigenvalue weighted by molar-refractivity contribution is 0.0996. The standard InChI is InChI=1S/C15H20FN3O/c16-12-5-4-10(9-11(12)15(17)20)18-13-6-8-19-7-2-1-3-14(13)19/h4-5,9,13-14,18H,1-3,6-8H2,(H2,17,20). The summed E-state index contributed by atoms with van der Waals surface area (Å²) in [5, 5.41) is 3.45. The number of nitrogens with two attached hydrogens (primary N) is 1. The van der Waals surface area contributed by atoms with Gasteiger partial charge in [0.05, 0.1) is 5.56 Å². The highest BCUT2D eigenvalue weighted by Gasteiger charge is 2.35. The summed E-state index contributed by atoms with van der Waals surface area (Å²) in [7, 11) is 0.